The maximum absolute atomic E-state index is 11.7. The Labute approximate surface area is 132 Å². The molecule has 0 aromatic rings. The van der Waals surface area contributed by atoms with Gasteiger partial charge in [-0.25, -0.2) is 4.79 Å². The van der Waals surface area contributed by atoms with E-state index < -0.39 is 11.7 Å². The van der Waals surface area contributed by atoms with Gasteiger partial charge in [-0.1, -0.05) is 0 Å². The second kappa shape index (κ2) is 8.95. The number of esters is 1. The first-order chi connectivity index (χ1) is 10.3. The number of carbonyl (C=O) groups is 2. The summed E-state index contributed by atoms with van der Waals surface area (Å²) >= 11 is 0. The molecule has 1 rings (SSSR count). The van der Waals surface area contributed by atoms with Crippen LogP contribution >= 0.6 is 0 Å². The van der Waals surface area contributed by atoms with Crippen LogP contribution in [0.4, 0.5) is 4.79 Å². The third-order valence-corrected chi connectivity index (χ3v) is 3.05. The van der Waals surface area contributed by atoms with Crippen LogP contribution in [0, 0.1) is 0 Å². The van der Waals surface area contributed by atoms with Gasteiger partial charge in [-0.15, -0.1) is 0 Å². The highest BCUT2D eigenvalue weighted by Gasteiger charge is 2.24. The van der Waals surface area contributed by atoms with Crippen LogP contribution in [-0.2, 0) is 19.0 Å². The molecule has 2 N–H and O–H groups in total. The van der Waals surface area contributed by atoms with Crippen molar-refractivity contribution in [1.29, 1.82) is 0 Å². The van der Waals surface area contributed by atoms with Crippen molar-refractivity contribution in [3.05, 3.63) is 0 Å². The van der Waals surface area contributed by atoms with E-state index in [2.05, 4.69) is 10.6 Å². The Morgan fingerprint density at radius 3 is 2.55 bits per heavy atom. The number of carbonyl (C=O) groups excluding carboxylic acids is 2. The molecule has 1 aliphatic heterocycles. The predicted octanol–water partition coefficient (Wildman–Crippen LogP) is 1.21. The van der Waals surface area contributed by atoms with Crippen molar-refractivity contribution >= 4 is 12.1 Å². The van der Waals surface area contributed by atoms with Crippen LogP contribution in [0.1, 0.15) is 40.5 Å². The van der Waals surface area contributed by atoms with Gasteiger partial charge in [-0.2, -0.15) is 0 Å². The summed E-state index contributed by atoms with van der Waals surface area (Å²) in [4.78, 5) is 22.3. The van der Waals surface area contributed by atoms with Crippen molar-refractivity contribution in [3.63, 3.8) is 0 Å². The average molecular weight is 316 g/mol. The van der Waals surface area contributed by atoms with Crippen LogP contribution in [0.25, 0.3) is 0 Å². The molecule has 7 heteroatoms. The van der Waals surface area contributed by atoms with Crippen LogP contribution < -0.4 is 10.6 Å². The molecule has 0 spiro atoms. The lowest BCUT2D eigenvalue weighted by Gasteiger charge is -2.30. The van der Waals surface area contributed by atoms with E-state index >= 15 is 0 Å². The van der Waals surface area contributed by atoms with Crippen molar-refractivity contribution in [2.24, 2.45) is 0 Å². The molecule has 22 heavy (non-hydrogen) atoms. The summed E-state index contributed by atoms with van der Waals surface area (Å²) in [6.07, 6.45) is 1.43. The highest BCUT2D eigenvalue weighted by molar-refractivity contribution is 5.68. The molecule has 0 radical (unpaired) electrons. The van der Waals surface area contributed by atoms with E-state index in [0.29, 0.717) is 26.3 Å². The third-order valence-electron chi connectivity index (χ3n) is 3.05. The SMILES string of the molecule is CC(=O)OCCNC[C@@H]1CCC(NC(=O)OC(C)(C)C)CO1. The minimum absolute atomic E-state index is 0.00727. The Bertz CT molecular complexity index is 359. The number of nitrogens with one attached hydrogen (secondary N) is 2. The molecule has 1 heterocycles. The minimum atomic E-state index is -0.492. The summed E-state index contributed by atoms with van der Waals surface area (Å²) < 4.78 is 15.8. The fraction of sp³-hybridized carbons (Fsp3) is 0.867. The zero-order valence-electron chi connectivity index (χ0n) is 13.9. The van der Waals surface area contributed by atoms with Crippen molar-refractivity contribution in [3.8, 4) is 0 Å². The molecule has 0 aromatic heterocycles. The van der Waals surface area contributed by atoms with Crippen LogP contribution in [0.5, 0.6) is 0 Å². The topological polar surface area (TPSA) is 85.9 Å². The lowest BCUT2D eigenvalue weighted by Crippen LogP contribution is -2.46. The second-order valence-electron chi connectivity index (χ2n) is 6.42. The Balaban J connectivity index is 2.10. The first-order valence-corrected chi connectivity index (χ1v) is 7.71. The van der Waals surface area contributed by atoms with Gasteiger partial charge in [0.1, 0.15) is 12.2 Å². The zero-order valence-corrected chi connectivity index (χ0v) is 13.9. The van der Waals surface area contributed by atoms with Crippen LogP contribution in [0.3, 0.4) is 0 Å². The van der Waals surface area contributed by atoms with Gasteiger partial charge < -0.3 is 24.8 Å². The average Bonchev–Trinajstić information content (AvgIpc) is 2.37. The molecule has 1 saturated heterocycles. The fourth-order valence-corrected chi connectivity index (χ4v) is 2.09. The van der Waals surface area contributed by atoms with E-state index in [1.54, 1.807) is 0 Å². The maximum atomic E-state index is 11.7. The minimum Gasteiger partial charge on any atom is -0.465 e. The molecule has 2 atom stereocenters. The Kier molecular flexibility index (Phi) is 7.61. The van der Waals surface area contributed by atoms with Gasteiger partial charge in [0.2, 0.25) is 0 Å². The molecule has 0 bridgehead atoms. The Hall–Kier alpha value is -1.34. The molecule has 1 aliphatic rings. The lowest BCUT2D eigenvalue weighted by molar-refractivity contribution is -0.140. The maximum Gasteiger partial charge on any atom is 0.407 e. The lowest BCUT2D eigenvalue weighted by atomic mass is 10.1. The summed E-state index contributed by atoms with van der Waals surface area (Å²) in [6.45, 7) is 9.06. The number of hydrogen-bond acceptors (Lipinski definition) is 6. The quantitative estimate of drug-likeness (QED) is 0.566. The van der Waals surface area contributed by atoms with Gasteiger partial charge in [0, 0.05) is 20.0 Å². The normalized spacial score (nSPS) is 22.0. The van der Waals surface area contributed by atoms with E-state index in [1.165, 1.54) is 6.92 Å². The number of ether oxygens (including phenoxy) is 3. The fourth-order valence-electron chi connectivity index (χ4n) is 2.09. The summed E-state index contributed by atoms with van der Waals surface area (Å²) in [5.41, 5.74) is -0.492. The molecular weight excluding hydrogens is 288 g/mol. The first kappa shape index (κ1) is 18.7. The van der Waals surface area contributed by atoms with Crippen molar-refractivity contribution in [2.45, 2.75) is 58.3 Å². The number of hydrogen-bond donors (Lipinski definition) is 2. The van der Waals surface area contributed by atoms with Crippen molar-refractivity contribution < 1.29 is 23.8 Å². The molecule has 128 valence electrons. The van der Waals surface area contributed by atoms with E-state index in [1.807, 2.05) is 20.8 Å². The third kappa shape index (κ3) is 8.84. The molecule has 0 aliphatic carbocycles. The van der Waals surface area contributed by atoms with Gasteiger partial charge >= 0.3 is 12.1 Å². The molecule has 0 aromatic carbocycles. The summed E-state index contributed by atoms with van der Waals surface area (Å²) in [6, 6.07) is -0.00727. The molecular formula is C15H28N2O5. The summed E-state index contributed by atoms with van der Waals surface area (Å²) in [5.74, 6) is -0.272. The Morgan fingerprint density at radius 1 is 1.27 bits per heavy atom. The van der Waals surface area contributed by atoms with E-state index in [-0.39, 0.29) is 18.1 Å². The number of rotatable bonds is 6. The Morgan fingerprint density at radius 2 is 2.00 bits per heavy atom. The summed E-state index contributed by atoms with van der Waals surface area (Å²) in [7, 11) is 0. The molecule has 0 saturated carbocycles. The van der Waals surface area contributed by atoms with Gasteiger partial charge in [-0.05, 0) is 33.6 Å². The van der Waals surface area contributed by atoms with Crippen LogP contribution in [0.2, 0.25) is 0 Å². The molecule has 1 amide bonds. The van der Waals surface area contributed by atoms with Gasteiger partial charge in [-0.3, -0.25) is 4.79 Å². The van der Waals surface area contributed by atoms with Gasteiger partial charge in [0.15, 0.2) is 0 Å². The first-order valence-electron chi connectivity index (χ1n) is 7.71. The predicted molar refractivity (Wildman–Crippen MR) is 81.6 cm³/mol. The van der Waals surface area contributed by atoms with Crippen LogP contribution in [-0.4, -0.2) is 56.1 Å². The smallest absolute Gasteiger partial charge is 0.407 e. The number of alkyl carbamates (subject to hydrolysis) is 1. The van der Waals surface area contributed by atoms with E-state index in [9.17, 15) is 9.59 Å². The van der Waals surface area contributed by atoms with E-state index in [0.717, 1.165) is 12.8 Å². The van der Waals surface area contributed by atoms with Gasteiger partial charge in [0.05, 0.1) is 18.8 Å². The molecule has 7 nitrogen and oxygen atoms in total. The van der Waals surface area contributed by atoms with E-state index in [4.69, 9.17) is 14.2 Å². The van der Waals surface area contributed by atoms with Crippen molar-refractivity contribution in [2.75, 3.05) is 26.3 Å². The molecule has 1 fully saturated rings. The highest BCUT2D eigenvalue weighted by atomic mass is 16.6. The molecule has 1 unspecified atom stereocenters. The summed E-state index contributed by atoms with van der Waals surface area (Å²) in [5, 5.41) is 6.00. The standard InChI is InChI=1S/C15H28N2O5/c1-11(18)20-8-7-16-9-13-6-5-12(10-21-13)17-14(19)22-15(2,3)4/h12-13,16H,5-10H2,1-4H3,(H,17,19)/t12?,13-/m0/s1. The van der Waals surface area contributed by atoms with Gasteiger partial charge in [0.25, 0.3) is 0 Å². The largest absolute Gasteiger partial charge is 0.465 e. The van der Waals surface area contributed by atoms with Crippen LogP contribution in [0.15, 0.2) is 0 Å². The monoisotopic (exact) mass is 316 g/mol. The number of amides is 1. The zero-order chi connectivity index (χ0) is 16.6. The highest BCUT2D eigenvalue weighted by Crippen LogP contribution is 2.14. The van der Waals surface area contributed by atoms with Crippen molar-refractivity contribution in [1.82, 2.24) is 10.6 Å². The second-order valence-corrected chi connectivity index (χ2v) is 6.42.